The molecule has 0 unspecified atom stereocenters. The van der Waals surface area contributed by atoms with E-state index in [1.807, 2.05) is 18.2 Å². The summed E-state index contributed by atoms with van der Waals surface area (Å²) in [5.74, 6) is 1.55. The topological polar surface area (TPSA) is 116 Å². The molecule has 9 nitrogen and oxygen atoms in total. The van der Waals surface area contributed by atoms with Gasteiger partial charge in [0, 0.05) is 43.9 Å². The average molecular weight is 422 g/mol. The molecule has 2 N–H and O–H groups in total. The van der Waals surface area contributed by atoms with Crippen LogP contribution in [0.1, 0.15) is 12.0 Å². The van der Waals surface area contributed by atoms with Gasteiger partial charge in [-0.05, 0) is 23.8 Å². The van der Waals surface area contributed by atoms with E-state index in [1.54, 1.807) is 49.7 Å². The minimum Gasteiger partial charge on any atom is -0.497 e. The molecule has 2 aromatic carbocycles. The summed E-state index contributed by atoms with van der Waals surface area (Å²) in [5.41, 5.74) is 1.18. The number of hydrogen-bond donors (Lipinski definition) is 2. The molecule has 1 amide bonds. The van der Waals surface area contributed by atoms with Crippen LogP contribution in [0.2, 0.25) is 0 Å². The van der Waals surface area contributed by atoms with Crippen molar-refractivity contribution in [2.24, 2.45) is 0 Å². The molecule has 0 fully saturated rings. The fourth-order valence-corrected chi connectivity index (χ4v) is 2.74. The highest BCUT2D eigenvalue weighted by atomic mass is 16.6. The Labute approximate surface area is 179 Å². The lowest BCUT2D eigenvalue weighted by molar-refractivity contribution is -0.384. The minimum atomic E-state index is -0.461. The summed E-state index contributed by atoms with van der Waals surface area (Å²) in [5, 5.41) is 16.7. The standard InChI is InChI=1S/C22H22N4O5/c1-30-17-5-4-6-18(13-17)31-22-10-9-16(15-25-22)14-24-21(27)11-12-23-19-7-2-3-8-20(19)26(28)29/h2-10,13,15,23H,11-12,14H2,1H3,(H,24,27). The third-order valence-electron chi connectivity index (χ3n) is 4.32. The van der Waals surface area contributed by atoms with E-state index < -0.39 is 4.92 Å². The monoisotopic (exact) mass is 422 g/mol. The molecule has 0 atom stereocenters. The number of ether oxygens (including phenoxy) is 2. The summed E-state index contributed by atoms with van der Waals surface area (Å²) in [6.07, 6.45) is 1.80. The Kier molecular flexibility index (Phi) is 7.36. The zero-order valence-electron chi connectivity index (χ0n) is 16.9. The number of carbonyl (C=O) groups excluding carboxylic acids is 1. The van der Waals surface area contributed by atoms with Gasteiger partial charge in [-0.3, -0.25) is 14.9 Å². The van der Waals surface area contributed by atoms with Crippen LogP contribution in [0.15, 0.2) is 66.9 Å². The molecule has 160 valence electrons. The van der Waals surface area contributed by atoms with Crippen molar-refractivity contribution in [3.63, 3.8) is 0 Å². The Morgan fingerprint density at radius 1 is 1.10 bits per heavy atom. The molecule has 1 heterocycles. The molecular weight excluding hydrogens is 400 g/mol. The third kappa shape index (κ3) is 6.43. The number of benzene rings is 2. The maximum Gasteiger partial charge on any atom is 0.292 e. The van der Waals surface area contributed by atoms with Gasteiger partial charge in [-0.15, -0.1) is 0 Å². The van der Waals surface area contributed by atoms with Crippen LogP contribution < -0.4 is 20.1 Å². The maximum atomic E-state index is 12.1. The van der Waals surface area contributed by atoms with Crippen LogP contribution in [0.25, 0.3) is 0 Å². The van der Waals surface area contributed by atoms with Crippen molar-refractivity contribution in [1.82, 2.24) is 10.3 Å². The van der Waals surface area contributed by atoms with Crippen molar-refractivity contribution in [2.75, 3.05) is 19.0 Å². The van der Waals surface area contributed by atoms with Crippen LogP contribution >= 0.6 is 0 Å². The first-order valence-electron chi connectivity index (χ1n) is 9.56. The summed E-state index contributed by atoms with van der Waals surface area (Å²) in [6.45, 7) is 0.596. The molecule has 3 rings (SSSR count). The Balaban J connectivity index is 1.43. The first-order valence-corrected chi connectivity index (χ1v) is 9.56. The molecule has 0 radical (unpaired) electrons. The number of methoxy groups -OCH3 is 1. The second-order valence-corrected chi connectivity index (χ2v) is 6.51. The molecule has 1 aromatic heterocycles. The molecule has 3 aromatic rings. The number of rotatable bonds is 10. The van der Waals surface area contributed by atoms with E-state index in [1.165, 1.54) is 6.07 Å². The predicted molar refractivity (Wildman–Crippen MR) is 115 cm³/mol. The van der Waals surface area contributed by atoms with Crippen LogP contribution in [-0.2, 0) is 11.3 Å². The number of carbonyl (C=O) groups is 1. The number of hydrogen-bond acceptors (Lipinski definition) is 7. The van der Waals surface area contributed by atoms with Crippen LogP contribution in [0.3, 0.4) is 0 Å². The number of para-hydroxylation sites is 2. The van der Waals surface area contributed by atoms with Crippen LogP contribution in [0, 0.1) is 10.1 Å². The number of nitro groups is 1. The fraction of sp³-hybridized carbons (Fsp3) is 0.182. The van der Waals surface area contributed by atoms with Crippen molar-refractivity contribution in [3.8, 4) is 17.4 Å². The quantitative estimate of drug-likeness (QED) is 0.376. The van der Waals surface area contributed by atoms with Crippen LogP contribution in [0.4, 0.5) is 11.4 Å². The fourth-order valence-electron chi connectivity index (χ4n) is 2.74. The van der Waals surface area contributed by atoms with Crippen molar-refractivity contribution < 1.29 is 19.2 Å². The van der Waals surface area contributed by atoms with E-state index >= 15 is 0 Å². The molecule has 0 aliphatic rings. The van der Waals surface area contributed by atoms with Crippen LogP contribution in [0.5, 0.6) is 17.4 Å². The molecule has 0 aliphatic heterocycles. The minimum absolute atomic E-state index is 0.0229. The molecular formula is C22H22N4O5. The lowest BCUT2D eigenvalue weighted by Crippen LogP contribution is -2.25. The zero-order valence-corrected chi connectivity index (χ0v) is 16.9. The van der Waals surface area contributed by atoms with E-state index in [0.29, 0.717) is 29.6 Å². The predicted octanol–water partition coefficient (Wildman–Crippen LogP) is 3.91. The number of nitrogens with one attached hydrogen (secondary N) is 2. The van der Waals surface area contributed by atoms with E-state index in [2.05, 4.69) is 15.6 Å². The van der Waals surface area contributed by atoms with Crippen molar-refractivity contribution in [2.45, 2.75) is 13.0 Å². The summed E-state index contributed by atoms with van der Waals surface area (Å²) in [4.78, 5) is 26.8. The summed E-state index contributed by atoms with van der Waals surface area (Å²) in [7, 11) is 1.59. The Morgan fingerprint density at radius 2 is 1.90 bits per heavy atom. The lowest BCUT2D eigenvalue weighted by atomic mass is 10.2. The maximum absolute atomic E-state index is 12.1. The largest absolute Gasteiger partial charge is 0.497 e. The van der Waals surface area contributed by atoms with E-state index in [-0.39, 0.29) is 24.6 Å². The van der Waals surface area contributed by atoms with Gasteiger partial charge >= 0.3 is 0 Å². The first-order chi connectivity index (χ1) is 15.0. The second-order valence-electron chi connectivity index (χ2n) is 6.51. The highest BCUT2D eigenvalue weighted by Gasteiger charge is 2.12. The Bertz CT molecular complexity index is 1040. The number of anilines is 1. The van der Waals surface area contributed by atoms with Gasteiger partial charge in [-0.25, -0.2) is 4.98 Å². The van der Waals surface area contributed by atoms with Gasteiger partial charge in [0.1, 0.15) is 17.2 Å². The summed E-state index contributed by atoms with van der Waals surface area (Å²) >= 11 is 0. The summed E-state index contributed by atoms with van der Waals surface area (Å²) in [6, 6.07) is 17.1. The lowest BCUT2D eigenvalue weighted by Gasteiger charge is -2.09. The third-order valence-corrected chi connectivity index (χ3v) is 4.32. The number of nitro benzene ring substituents is 1. The number of nitrogens with zero attached hydrogens (tertiary/aromatic N) is 2. The van der Waals surface area contributed by atoms with Gasteiger partial charge in [0.25, 0.3) is 5.69 Å². The van der Waals surface area contributed by atoms with E-state index in [0.717, 1.165) is 5.56 Å². The van der Waals surface area contributed by atoms with E-state index in [4.69, 9.17) is 9.47 Å². The molecule has 0 aliphatic carbocycles. The van der Waals surface area contributed by atoms with Crippen molar-refractivity contribution in [3.05, 3.63) is 82.5 Å². The smallest absolute Gasteiger partial charge is 0.292 e. The first kappa shape index (κ1) is 21.6. The highest BCUT2D eigenvalue weighted by molar-refractivity contribution is 5.76. The van der Waals surface area contributed by atoms with Gasteiger partial charge in [0.05, 0.1) is 12.0 Å². The zero-order chi connectivity index (χ0) is 22.1. The molecule has 0 bridgehead atoms. The normalized spacial score (nSPS) is 10.2. The van der Waals surface area contributed by atoms with Crippen LogP contribution in [-0.4, -0.2) is 29.5 Å². The molecule has 0 spiro atoms. The molecule has 31 heavy (non-hydrogen) atoms. The SMILES string of the molecule is COc1cccc(Oc2ccc(CNC(=O)CCNc3ccccc3[N+](=O)[O-])cn2)c1. The Morgan fingerprint density at radius 3 is 2.65 bits per heavy atom. The molecule has 0 saturated heterocycles. The molecule has 9 heteroatoms. The number of amides is 1. The molecule has 0 saturated carbocycles. The summed E-state index contributed by atoms with van der Waals surface area (Å²) < 4.78 is 10.8. The average Bonchev–Trinajstić information content (AvgIpc) is 2.79. The number of pyridine rings is 1. The Hall–Kier alpha value is -4.14. The highest BCUT2D eigenvalue weighted by Crippen LogP contribution is 2.24. The second kappa shape index (κ2) is 10.6. The van der Waals surface area contributed by atoms with Crippen molar-refractivity contribution >= 4 is 17.3 Å². The van der Waals surface area contributed by atoms with Gasteiger partial charge < -0.3 is 20.1 Å². The van der Waals surface area contributed by atoms with Gasteiger partial charge in [-0.1, -0.05) is 24.3 Å². The van der Waals surface area contributed by atoms with Gasteiger partial charge in [-0.2, -0.15) is 0 Å². The van der Waals surface area contributed by atoms with Gasteiger partial charge in [0.2, 0.25) is 11.8 Å². The number of aromatic nitrogens is 1. The van der Waals surface area contributed by atoms with Crippen molar-refractivity contribution in [1.29, 1.82) is 0 Å². The van der Waals surface area contributed by atoms with Gasteiger partial charge in [0.15, 0.2) is 0 Å². The van der Waals surface area contributed by atoms with E-state index in [9.17, 15) is 14.9 Å².